The van der Waals surface area contributed by atoms with Crippen molar-refractivity contribution in [2.45, 2.75) is 19.5 Å². The van der Waals surface area contributed by atoms with Gasteiger partial charge in [0, 0.05) is 0 Å². The Morgan fingerprint density at radius 3 is 2.22 bits per heavy atom. The monoisotopic (exact) mass is 133 g/mol. The highest BCUT2D eigenvalue weighted by Gasteiger charge is 2.24. The van der Waals surface area contributed by atoms with Crippen molar-refractivity contribution in [2.75, 3.05) is 0 Å². The summed E-state index contributed by atoms with van der Waals surface area (Å²) in [6.07, 6.45) is 0. The molecule has 0 aliphatic heterocycles. The molecule has 0 amide bonds. The van der Waals surface area contributed by atoms with Crippen molar-refractivity contribution in [1.82, 2.24) is 5.23 Å². The van der Waals surface area contributed by atoms with Gasteiger partial charge < -0.3 is 16.1 Å². The maximum absolute atomic E-state index is 10.4. The number of nitrogens with zero attached hydrogens (tertiary/aromatic N) is 1. The lowest BCUT2D eigenvalue weighted by Crippen LogP contribution is -2.54. The molecule has 0 saturated carbocycles. The largest absolute Gasteiger partial charge is 0.760 e. The van der Waals surface area contributed by atoms with Gasteiger partial charge in [0.05, 0.1) is 0 Å². The highest BCUT2D eigenvalue weighted by Crippen LogP contribution is 2.02. The molecule has 0 aliphatic rings. The van der Waals surface area contributed by atoms with E-state index >= 15 is 0 Å². The summed E-state index contributed by atoms with van der Waals surface area (Å²) < 4.78 is 0. The smallest absolute Gasteiger partial charge is 0.165 e. The Hall–Kier alpha value is -0.490. The third-order valence-corrected chi connectivity index (χ3v) is 1.11. The van der Waals surface area contributed by atoms with Crippen molar-refractivity contribution in [3.63, 3.8) is 0 Å². The summed E-state index contributed by atoms with van der Waals surface area (Å²) in [6.45, 7) is 2.25. The zero-order valence-electron chi connectivity index (χ0n) is 5.29. The molecule has 0 aromatic rings. The van der Waals surface area contributed by atoms with Crippen LogP contribution in [0.4, 0.5) is 0 Å². The Balaban J connectivity index is 4.19. The molecular formula is C4H9N2O3-. The summed E-state index contributed by atoms with van der Waals surface area (Å²) >= 11 is 0. The summed E-state index contributed by atoms with van der Waals surface area (Å²) in [5, 5.41) is 17.7. The molecular weight excluding hydrogens is 124 g/mol. The maximum Gasteiger partial charge on any atom is 0.165 e. The number of hydroxylamine groups is 2. The number of hydrogen-bond acceptors (Lipinski definition) is 5. The molecule has 54 valence electrons. The van der Waals surface area contributed by atoms with E-state index in [1.807, 2.05) is 0 Å². The molecule has 1 unspecified atom stereocenters. The lowest BCUT2D eigenvalue weighted by Gasteiger charge is -2.34. The quantitative estimate of drug-likeness (QED) is 0.389. The van der Waals surface area contributed by atoms with Gasteiger partial charge in [0.1, 0.15) is 5.66 Å². The van der Waals surface area contributed by atoms with E-state index in [0.29, 0.717) is 0 Å². The van der Waals surface area contributed by atoms with Crippen LogP contribution in [0.5, 0.6) is 0 Å². The van der Waals surface area contributed by atoms with Crippen molar-refractivity contribution in [1.29, 1.82) is 0 Å². The minimum absolute atomic E-state index is 0.560. The van der Waals surface area contributed by atoms with Gasteiger partial charge in [0.2, 0.25) is 0 Å². The molecule has 9 heavy (non-hydrogen) atoms. The number of nitrogens with two attached hydrogens (primary N) is 1. The van der Waals surface area contributed by atoms with Gasteiger partial charge in [0.25, 0.3) is 0 Å². The minimum Gasteiger partial charge on any atom is -0.760 e. The van der Waals surface area contributed by atoms with Crippen molar-refractivity contribution < 1.29 is 10.0 Å². The summed E-state index contributed by atoms with van der Waals surface area (Å²) in [7, 11) is 0. The predicted octanol–water partition coefficient (Wildman–Crippen LogP) is -0.561. The van der Waals surface area contributed by atoms with Gasteiger partial charge in [-0.05, 0) is 13.8 Å². The molecule has 0 radical (unpaired) electrons. The molecule has 5 heteroatoms. The first-order valence-corrected chi connectivity index (χ1v) is 2.35. The first-order chi connectivity index (χ1) is 3.89. The highest BCUT2D eigenvalue weighted by atomic mass is 16.8. The zero-order valence-corrected chi connectivity index (χ0v) is 5.29. The molecule has 0 spiro atoms. The minimum atomic E-state index is -1.81. The third kappa shape index (κ3) is 1.72. The number of hydrogen-bond donors (Lipinski definition) is 2. The van der Waals surface area contributed by atoms with Gasteiger partial charge in [-0.3, -0.25) is 4.79 Å². The van der Waals surface area contributed by atoms with E-state index in [9.17, 15) is 10.0 Å². The van der Waals surface area contributed by atoms with E-state index in [4.69, 9.17) is 10.9 Å². The normalized spacial score (nSPS) is 17.6. The van der Waals surface area contributed by atoms with E-state index < -0.39 is 16.7 Å². The standard InChI is InChI=1S/C4H9N2O3/c1-3(7)4(2,5)6(8)9/h8H,5H2,1-2H3/q-1. The number of carbonyl (C=O) groups excluding carboxylic acids is 1. The van der Waals surface area contributed by atoms with Crippen LogP contribution in [0.25, 0.3) is 0 Å². The molecule has 1 atom stereocenters. The van der Waals surface area contributed by atoms with Crippen LogP contribution < -0.4 is 5.73 Å². The second kappa shape index (κ2) is 2.40. The number of ketones is 1. The van der Waals surface area contributed by atoms with E-state index in [-0.39, 0.29) is 0 Å². The second-order valence-corrected chi connectivity index (χ2v) is 1.98. The Bertz CT molecular complexity index is 121. The fourth-order valence-corrected chi connectivity index (χ4v) is 0.135. The highest BCUT2D eigenvalue weighted by molar-refractivity contribution is 5.84. The third-order valence-electron chi connectivity index (χ3n) is 1.11. The molecule has 0 fully saturated rings. The molecule has 5 nitrogen and oxygen atoms in total. The maximum atomic E-state index is 10.4. The SMILES string of the molecule is CC(=O)C(C)(N)N([O-])O. The first kappa shape index (κ1) is 8.51. The van der Waals surface area contributed by atoms with E-state index in [2.05, 4.69) is 0 Å². The molecule has 0 aromatic heterocycles. The molecule has 0 aromatic carbocycles. The molecule has 0 rings (SSSR count). The van der Waals surface area contributed by atoms with Gasteiger partial charge in [-0.1, -0.05) is 0 Å². The first-order valence-electron chi connectivity index (χ1n) is 2.35. The number of Topliss-reactive ketones (excluding diaryl/α,β-unsaturated/α-hetero) is 1. The van der Waals surface area contributed by atoms with Crippen LogP contribution in [0.2, 0.25) is 0 Å². The number of carbonyl (C=O) groups is 1. The van der Waals surface area contributed by atoms with Crippen LogP contribution in [0, 0.1) is 5.21 Å². The number of rotatable bonds is 2. The molecule has 0 heterocycles. The Morgan fingerprint density at radius 2 is 2.22 bits per heavy atom. The van der Waals surface area contributed by atoms with Gasteiger partial charge in [-0.2, -0.15) is 0 Å². The fourth-order valence-electron chi connectivity index (χ4n) is 0.135. The van der Waals surface area contributed by atoms with Crippen molar-refractivity contribution >= 4 is 5.78 Å². The van der Waals surface area contributed by atoms with E-state index in [0.717, 1.165) is 13.8 Å². The fraction of sp³-hybridized carbons (Fsp3) is 0.750. The average molecular weight is 133 g/mol. The van der Waals surface area contributed by atoms with Crippen molar-refractivity contribution in [3.8, 4) is 0 Å². The van der Waals surface area contributed by atoms with E-state index in [1.54, 1.807) is 0 Å². The van der Waals surface area contributed by atoms with E-state index in [1.165, 1.54) is 0 Å². The van der Waals surface area contributed by atoms with Crippen molar-refractivity contribution in [2.24, 2.45) is 5.73 Å². The Labute approximate surface area is 52.6 Å². The summed E-state index contributed by atoms with van der Waals surface area (Å²) in [6, 6.07) is 0. The van der Waals surface area contributed by atoms with Crippen LogP contribution in [0.3, 0.4) is 0 Å². The average Bonchev–Trinajstić information content (AvgIpc) is 1.65. The molecule has 0 aliphatic carbocycles. The molecule has 0 saturated heterocycles. The van der Waals surface area contributed by atoms with Crippen LogP contribution in [-0.4, -0.2) is 21.9 Å². The van der Waals surface area contributed by atoms with Gasteiger partial charge in [0.15, 0.2) is 5.78 Å². The van der Waals surface area contributed by atoms with Gasteiger partial charge >= 0.3 is 0 Å². The summed E-state index contributed by atoms with van der Waals surface area (Å²) in [5.41, 5.74) is 3.21. The van der Waals surface area contributed by atoms with Crippen LogP contribution in [-0.2, 0) is 4.79 Å². The predicted molar refractivity (Wildman–Crippen MR) is 30.3 cm³/mol. The zero-order chi connectivity index (χ0) is 7.65. The van der Waals surface area contributed by atoms with Crippen LogP contribution in [0.1, 0.15) is 13.8 Å². The van der Waals surface area contributed by atoms with Crippen molar-refractivity contribution in [3.05, 3.63) is 5.21 Å². The molecule has 0 bridgehead atoms. The second-order valence-electron chi connectivity index (χ2n) is 1.98. The van der Waals surface area contributed by atoms with Gasteiger partial charge in [-0.25, -0.2) is 5.23 Å². The Morgan fingerprint density at radius 1 is 1.89 bits per heavy atom. The van der Waals surface area contributed by atoms with Gasteiger partial charge in [-0.15, -0.1) is 0 Å². The Kier molecular flexibility index (Phi) is 2.27. The lowest BCUT2D eigenvalue weighted by atomic mass is 10.1. The summed E-state index contributed by atoms with van der Waals surface area (Å²) in [4.78, 5) is 10.4. The lowest BCUT2D eigenvalue weighted by molar-refractivity contribution is -0.154. The topological polar surface area (TPSA) is 89.6 Å². The molecule has 3 N–H and O–H groups in total. The summed E-state index contributed by atoms with van der Waals surface area (Å²) in [5.74, 6) is -0.583. The van der Waals surface area contributed by atoms with Crippen LogP contribution >= 0.6 is 0 Å². The van der Waals surface area contributed by atoms with Crippen LogP contribution in [0.15, 0.2) is 0 Å².